The Hall–Kier alpha value is -3.15. The summed E-state index contributed by atoms with van der Waals surface area (Å²) < 4.78 is 17.0. The Kier molecular flexibility index (Phi) is 63.7. The summed E-state index contributed by atoms with van der Waals surface area (Å²) in [5.41, 5.74) is 0. The number of allylic oxidation sites excluding steroid dienone is 12. The van der Waals surface area contributed by atoms with Crippen molar-refractivity contribution in [3.05, 3.63) is 72.9 Å². The van der Waals surface area contributed by atoms with Crippen molar-refractivity contribution in [2.24, 2.45) is 0 Å². The molecule has 78 heavy (non-hydrogen) atoms. The topological polar surface area (TPSA) is 78.9 Å². The number of carbonyl (C=O) groups excluding carboxylic acids is 3. The first-order valence-electron chi connectivity index (χ1n) is 33.9. The second kappa shape index (κ2) is 66.4. The number of unbranched alkanes of at least 4 members (excludes halogenated alkanes) is 39. The zero-order chi connectivity index (χ0) is 56.4. The van der Waals surface area contributed by atoms with E-state index in [4.69, 9.17) is 14.2 Å². The Balaban J connectivity index is 4.34. The van der Waals surface area contributed by atoms with Gasteiger partial charge in [-0.2, -0.15) is 0 Å². The molecule has 0 N–H and O–H groups in total. The van der Waals surface area contributed by atoms with Gasteiger partial charge < -0.3 is 14.2 Å². The molecule has 1 atom stereocenters. The highest BCUT2D eigenvalue weighted by Crippen LogP contribution is 2.17. The number of hydrogen-bond acceptors (Lipinski definition) is 6. The van der Waals surface area contributed by atoms with E-state index in [0.29, 0.717) is 19.3 Å². The predicted octanol–water partition coefficient (Wildman–Crippen LogP) is 23.3. The summed E-state index contributed by atoms with van der Waals surface area (Å²) >= 11 is 0. The van der Waals surface area contributed by atoms with Gasteiger partial charge in [0.1, 0.15) is 13.2 Å². The van der Waals surface area contributed by atoms with Crippen LogP contribution in [0, 0.1) is 0 Å². The van der Waals surface area contributed by atoms with Crippen LogP contribution in [0.4, 0.5) is 0 Å². The number of ether oxygens (including phenoxy) is 3. The summed E-state index contributed by atoms with van der Waals surface area (Å²) in [6.45, 7) is 6.65. The molecule has 0 saturated carbocycles. The minimum Gasteiger partial charge on any atom is -0.462 e. The maximum Gasteiger partial charge on any atom is 0.306 e. The molecule has 0 aliphatic rings. The molecular formula is C72H128O6. The Bertz CT molecular complexity index is 1440. The smallest absolute Gasteiger partial charge is 0.306 e. The van der Waals surface area contributed by atoms with Crippen LogP contribution in [-0.2, 0) is 28.6 Å². The zero-order valence-corrected chi connectivity index (χ0v) is 51.9. The largest absolute Gasteiger partial charge is 0.462 e. The molecule has 0 fully saturated rings. The average Bonchev–Trinajstić information content (AvgIpc) is 3.44. The molecule has 0 aromatic heterocycles. The van der Waals surface area contributed by atoms with E-state index in [0.717, 1.165) is 96.3 Å². The van der Waals surface area contributed by atoms with Crippen LogP contribution in [0.5, 0.6) is 0 Å². The summed E-state index contributed by atoms with van der Waals surface area (Å²) in [5.74, 6) is -0.877. The summed E-state index contributed by atoms with van der Waals surface area (Å²) in [7, 11) is 0. The minimum absolute atomic E-state index is 0.0788. The maximum atomic E-state index is 12.9. The Morgan fingerprint density at radius 1 is 0.256 bits per heavy atom. The van der Waals surface area contributed by atoms with Crippen LogP contribution in [0.25, 0.3) is 0 Å². The van der Waals surface area contributed by atoms with Crippen LogP contribution in [-0.4, -0.2) is 37.2 Å². The number of rotatable bonds is 62. The van der Waals surface area contributed by atoms with Gasteiger partial charge in [0.25, 0.3) is 0 Å². The van der Waals surface area contributed by atoms with Gasteiger partial charge in [-0.3, -0.25) is 14.4 Å². The van der Waals surface area contributed by atoms with Gasteiger partial charge in [0.15, 0.2) is 6.10 Å². The molecule has 0 heterocycles. The predicted molar refractivity (Wildman–Crippen MR) is 339 cm³/mol. The molecule has 1 unspecified atom stereocenters. The van der Waals surface area contributed by atoms with E-state index in [1.165, 1.54) is 212 Å². The van der Waals surface area contributed by atoms with Gasteiger partial charge >= 0.3 is 17.9 Å². The molecule has 0 saturated heterocycles. The molecule has 0 rings (SSSR count). The summed E-state index contributed by atoms with van der Waals surface area (Å²) in [5, 5.41) is 0. The second-order valence-electron chi connectivity index (χ2n) is 22.7. The second-order valence-corrected chi connectivity index (χ2v) is 22.7. The summed E-state index contributed by atoms with van der Waals surface area (Å²) in [6, 6.07) is 0. The fourth-order valence-electron chi connectivity index (χ4n) is 9.81. The van der Waals surface area contributed by atoms with Gasteiger partial charge in [-0.15, -0.1) is 0 Å². The van der Waals surface area contributed by atoms with Gasteiger partial charge in [0.2, 0.25) is 0 Å². The third-order valence-electron chi connectivity index (χ3n) is 14.9. The maximum absolute atomic E-state index is 12.9. The lowest BCUT2D eigenvalue weighted by Crippen LogP contribution is -2.30. The van der Waals surface area contributed by atoms with Crippen LogP contribution >= 0.6 is 0 Å². The fourth-order valence-corrected chi connectivity index (χ4v) is 9.81. The number of esters is 3. The van der Waals surface area contributed by atoms with Crippen molar-refractivity contribution in [2.45, 2.75) is 354 Å². The molecule has 0 aromatic carbocycles. The van der Waals surface area contributed by atoms with Crippen molar-refractivity contribution in [1.29, 1.82) is 0 Å². The van der Waals surface area contributed by atoms with E-state index in [9.17, 15) is 14.4 Å². The lowest BCUT2D eigenvalue weighted by molar-refractivity contribution is -0.167. The first-order chi connectivity index (χ1) is 38.5. The molecular weight excluding hydrogens is 961 g/mol. The summed E-state index contributed by atoms with van der Waals surface area (Å²) in [6.07, 6.45) is 86.2. The Morgan fingerprint density at radius 3 is 0.718 bits per heavy atom. The first kappa shape index (κ1) is 74.8. The van der Waals surface area contributed by atoms with Crippen LogP contribution in [0.2, 0.25) is 0 Å². The van der Waals surface area contributed by atoms with E-state index in [1.54, 1.807) is 0 Å². The normalized spacial score (nSPS) is 12.5. The van der Waals surface area contributed by atoms with Crippen molar-refractivity contribution in [2.75, 3.05) is 13.2 Å². The highest BCUT2D eigenvalue weighted by Gasteiger charge is 2.19. The van der Waals surface area contributed by atoms with Crippen molar-refractivity contribution >= 4 is 17.9 Å². The highest BCUT2D eigenvalue weighted by atomic mass is 16.6. The van der Waals surface area contributed by atoms with Gasteiger partial charge in [0.05, 0.1) is 0 Å². The lowest BCUT2D eigenvalue weighted by Gasteiger charge is -2.18. The van der Waals surface area contributed by atoms with Crippen molar-refractivity contribution in [3.63, 3.8) is 0 Å². The fraction of sp³-hybridized carbons (Fsp3) is 0.792. The number of carbonyl (C=O) groups is 3. The van der Waals surface area contributed by atoms with E-state index >= 15 is 0 Å². The van der Waals surface area contributed by atoms with Crippen LogP contribution in [0.3, 0.4) is 0 Å². The highest BCUT2D eigenvalue weighted by molar-refractivity contribution is 5.71. The molecule has 6 nitrogen and oxygen atoms in total. The molecule has 6 heteroatoms. The van der Waals surface area contributed by atoms with Crippen LogP contribution < -0.4 is 0 Å². The van der Waals surface area contributed by atoms with E-state index in [-0.39, 0.29) is 31.1 Å². The van der Waals surface area contributed by atoms with Gasteiger partial charge in [0, 0.05) is 19.3 Å². The van der Waals surface area contributed by atoms with Crippen LogP contribution in [0.1, 0.15) is 348 Å². The van der Waals surface area contributed by atoms with Gasteiger partial charge in [-0.1, -0.05) is 306 Å². The quantitative estimate of drug-likeness (QED) is 0.0261. The molecule has 0 radical (unpaired) electrons. The molecule has 0 aromatic rings. The third kappa shape index (κ3) is 63.7. The van der Waals surface area contributed by atoms with Crippen molar-refractivity contribution in [1.82, 2.24) is 0 Å². The standard InChI is InChI=1S/C72H128O6/c1-4-7-10-13-16-19-22-25-28-30-32-34-35-36-37-39-40-42-44-47-50-53-56-59-62-65-71(74)77-68-69(67-76-70(73)64-61-58-55-52-49-46-27-24-21-18-15-12-9-6-3)78-72(75)66-63-60-57-54-51-48-45-43-41-38-33-31-29-26-23-20-17-14-11-8-5-2/h22-23,25-26,30-33,35-36,41,43,69H,4-21,24,27-29,34,37-40,42,44-68H2,1-3H3/b25-22-,26-23-,32-30-,33-31-,36-35-,43-41-. The summed E-state index contributed by atoms with van der Waals surface area (Å²) in [4.78, 5) is 38.4. The molecule has 0 bridgehead atoms. The van der Waals surface area contributed by atoms with Crippen molar-refractivity contribution < 1.29 is 28.6 Å². The van der Waals surface area contributed by atoms with E-state index in [1.807, 2.05) is 0 Å². The average molecular weight is 1090 g/mol. The minimum atomic E-state index is -0.784. The van der Waals surface area contributed by atoms with Gasteiger partial charge in [-0.05, 0) is 96.3 Å². The third-order valence-corrected chi connectivity index (χ3v) is 14.9. The molecule has 0 aliphatic carbocycles. The van der Waals surface area contributed by atoms with Crippen LogP contribution in [0.15, 0.2) is 72.9 Å². The molecule has 0 amide bonds. The number of hydrogen-bond donors (Lipinski definition) is 0. The molecule has 0 spiro atoms. The van der Waals surface area contributed by atoms with Crippen molar-refractivity contribution in [3.8, 4) is 0 Å². The SMILES string of the molecule is CCCCCCC/C=C\C/C=C\C/C=C\CCCCCCCCCCCCC(=O)OCC(COC(=O)CCCCCCCCCCCCCCCC)OC(=O)CCCCCCCC/C=C\C/C=C\C/C=C\CCCCCCC. The Morgan fingerprint density at radius 2 is 0.462 bits per heavy atom. The zero-order valence-electron chi connectivity index (χ0n) is 51.9. The lowest BCUT2D eigenvalue weighted by atomic mass is 10.0. The van der Waals surface area contributed by atoms with Gasteiger partial charge in [-0.25, -0.2) is 0 Å². The van der Waals surface area contributed by atoms with E-state index < -0.39 is 6.10 Å². The van der Waals surface area contributed by atoms with E-state index in [2.05, 4.69) is 93.7 Å². The first-order valence-corrected chi connectivity index (χ1v) is 33.9. The molecule has 0 aliphatic heterocycles. The monoisotopic (exact) mass is 1090 g/mol. The Labute approximate surface area is 484 Å². The molecule has 452 valence electrons.